The van der Waals surface area contributed by atoms with E-state index in [1.807, 2.05) is 0 Å². The van der Waals surface area contributed by atoms with Crippen LogP contribution in [0, 0.1) is 0 Å². The third kappa shape index (κ3) is 6.34. The normalized spacial score (nSPS) is 13.1. The number of hydrogen-bond acceptors (Lipinski definition) is 2. The lowest BCUT2D eigenvalue weighted by Gasteiger charge is -2.30. The topological polar surface area (TPSA) is 6.48 Å². The van der Waals surface area contributed by atoms with Crippen LogP contribution in [0.5, 0.6) is 0 Å². The van der Waals surface area contributed by atoms with Gasteiger partial charge in [0.05, 0.1) is 11.4 Å². The minimum absolute atomic E-state index is 1.13. The molecule has 0 N–H and O–H groups in total. The fourth-order valence-corrected chi connectivity index (χ4v) is 10.4. The monoisotopic (exact) mass is 794 g/mol. The molecule has 62 heavy (non-hydrogen) atoms. The number of hydrogen-bond donors (Lipinski definition) is 0. The smallest absolute Gasteiger partial charge is 0.0546 e. The Balaban J connectivity index is 1.09. The second kappa shape index (κ2) is 15.2. The third-order valence-corrected chi connectivity index (χ3v) is 13.5. The number of fused-ring (bicyclic) bond motifs is 7. The summed E-state index contributed by atoms with van der Waals surface area (Å²) in [6.07, 6.45) is 7.02. The van der Waals surface area contributed by atoms with Gasteiger partial charge in [-0.1, -0.05) is 146 Å². The molecule has 0 bridgehead atoms. The van der Waals surface area contributed by atoms with Crippen molar-refractivity contribution in [3.8, 4) is 22.3 Å². The van der Waals surface area contributed by atoms with Crippen LogP contribution in [-0.2, 0) is 25.7 Å². The predicted octanol–water partition coefficient (Wildman–Crippen LogP) is 16.4. The molecular formula is C60H46N2. The van der Waals surface area contributed by atoms with E-state index in [4.69, 9.17) is 0 Å². The molecule has 10 aromatic rings. The van der Waals surface area contributed by atoms with Gasteiger partial charge in [0.25, 0.3) is 0 Å². The Morgan fingerprint density at radius 1 is 0.242 bits per heavy atom. The zero-order valence-electron chi connectivity index (χ0n) is 34.8. The first kappa shape index (κ1) is 36.4. The van der Waals surface area contributed by atoms with Gasteiger partial charge in [-0.25, -0.2) is 0 Å². The second-order valence-corrected chi connectivity index (χ2v) is 17.1. The third-order valence-electron chi connectivity index (χ3n) is 13.5. The molecule has 0 radical (unpaired) electrons. The maximum Gasteiger partial charge on any atom is 0.0546 e. The summed E-state index contributed by atoms with van der Waals surface area (Å²) < 4.78 is 0. The van der Waals surface area contributed by atoms with Crippen LogP contribution in [-0.4, -0.2) is 0 Å². The Kier molecular flexibility index (Phi) is 8.96. The number of anilines is 6. The molecule has 0 fully saturated rings. The number of rotatable bonds is 8. The maximum absolute atomic E-state index is 2.50. The minimum Gasteiger partial charge on any atom is -0.310 e. The average Bonchev–Trinajstić information content (AvgIpc) is 4.03. The lowest BCUT2D eigenvalue weighted by molar-refractivity contribution is 0.911. The van der Waals surface area contributed by atoms with E-state index in [1.54, 1.807) is 0 Å². The SMILES string of the molecule is c1ccc(-c2ccc(N(c3ccc4c(c3)CCC4)c3cc4c5ccccc5c(N(c5ccc(-c6ccccc6)cc5)c5ccc6c(c5)CCC6)cc4c4ccccc34)cc2)cc1. The molecule has 2 aliphatic carbocycles. The highest BCUT2D eigenvalue weighted by molar-refractivity contribution is 6.24. The molecular weight excluding hydrogens is 749 g/mol. The van der Waals surface area contributed by atoms with Crippen LogP contribution in [0.2, 0.25) is 0 Å². The predicted molar refractivity (Wildman–Crippen MR) is 263 cm³/mol. The molecule has 2 nitrogen and oxygen atoms in total. The van der Waals surface area contributed by atoms with Crippen molar-refractivity contribution in [3.63, 3.8) is 0 Å². The zero-order valence-corrected chi connectivity index (χ0v) is 34.8. The number of aryl methyl sites for hydroxylation is 4. The molecule has 0 heterocycles. The van der Waals surface area contributed by atoms with Crippen LogP contribution >= 0.6 is 0 Å². The van der Waals surface area contributed by atoms with E-state index in [1.165, 1.54) is 112 Å². The molecule has 2 aliphatic rings. The van der Waals surface area contributed by atoms with Crippen LogP contribution < -0.4 is 9.80 Å². The Labute approximate surface area is 364 Å². The van der Waals surface area contributed by atoms with Crippen molar-refractivity contribution in [3.05, 3.63) is 229 Å². The molecule has 0 aromatic heterocycles. The standard InChI is InChI=1S/C60H46N2/c1-3-13-41(14-4-1)45-25-31-49(32-26-45)61(51-35-29-43-17-11-19-47(43)37-51)59-39-57-54-22-8-10-24-56(54)60(40-58(57)53-21-7-9-23-55(53)59)62(52-36-30-44-18-12-20-48(44)38-52)50-33-27-46(28-34-50)42-15-5-2-6-16-42/h1-10,13-16,21-40H,11-12,17-20H2. The number of nitrogens with zero attached hydrogens (tertiary/aromatic N) is 2. The van der Waals surface area contributed by atoms with E-state index in [-0.39, 0.29) is 0 Å². The molecule has 10 aromatic carbocycles. The Morgan fingerprint density at radius 3 is 1.00 bits per heavy atom. The highest BCUT2D eigenvalue weighted by Gasteiger charge is 2.24. The molecule has 12 rings (SSSR count). The molecule has 0 spiro atoms. The first-order chi connectivity index (χ1) is 30.7. The highest BCUT2D eigenvalue weighted by atomic mass is 15.2. The Hall–Kier alpha value is -7.42. The first-order valence-corrected chi connectivity index (χ1v) is 22.3. The maximum atomic E-state index is 2.50. The largest absolute Gasteiger partial charge is 0.310 e. The molecule has 2 heteroatoms. The highest BCUT2D eigenvalue weighted by Crippen LogP contribution is 2.48. The second-order valence-electron chi connectivity index (χ2n) is 17.1. The van der Waals surface area contributed by atoms with Crippen molar-refractivity contribution in [1.82, 2.24) is 0 Å². The Morgan fingerprint density at radius 2 is 0.581 bits per heavy atom. The van der Waals surface area contributed by atoms with Gasteiger partial charge in [0.1, 0.15) is 0 Å². The summed E-state index contributed by atoms with van der Waals surface area (Å²) in [4.78, 5) is 5.01. The van der Waals surface area contributed by atoms with Crippen molar-refractivity contribution in [2.45, 2.75) is 38.5 Å². The van der Waals surface area contributed by atoms with Crippen molar-refractivity contribution < 1.29 is 0 Å². The molecule has 296 valence electrons. The van der Waals surface area contributed by atoms with Crippen LogP contribution in [0.15, 0.2) is 206 Å². The van der Waals surface area contributed by atoms with Crippen LogP contribution in [0.25, 0.3) is 54.6 Å². The van der Waals surface area contributed by atoms with Crippen molar-refractivity contribution in [2.75, 3.05) is 9.80 Å². The van der Waals surface area contributed by atoms with E-state index in [2.05, 4.69) is 216 Å². The van der Waals surface area contributed by atoms with Crippen molar-refractivity contribution in [1.29, 1.82) is 0 Å². The van der Waals surface area contributed by atoms with Crippen LogP contribution in [0.4, 0.5) is 34.1 Å². The molecule has 0 aliphatic heterocycles. The van der Waals surface area contributed by atoms with Gasteiger partial charge in [-0.3, -0.25) is 0 Å². The zero-order chi connectivity index (χ0) is 41.0. The van der Waals surface area contributed by atoms with Gasteiger partial charge in [-0.15, -0.1) is 0 Å². The summed E-state index contributed by atoms with van der Waals surface area (Å²) in [6.45, 7) is 0. The number of benzene rings is 10. The van der Waals surface area contributed by atoms with Gasteiger partial charge in [0, 0.05) is 33.5 Å². The summed E-state index contributed by atoms with van der Waals surface area (Å²) in [5, 5.41) is 7.44. The van der Waals surface area contributed by atoms with Gasteiger partial charge in [0.2, 0.25) is 0 Å². The van der Waals surface area contributed by atoms with Gasteiger partial charge in [0.15, 0.2) is 0 Å². The fraction of sp³-hybridized carbons (Fsp3) is 0.100. The van der Waals surface area contributed by atoms with Crippen LogP contribution in [0.3, 0.4) is 0 Å². The van der Waals surface area contributed by atoms with Crippen molar-refractivity contribution >= 4 is 66.4 Å². The first-order valence-electron chi connectivity index (χ1n) is 22.3. The molecule has 0 saturated heterocycles. The summed E-state index contributed by atoms with van der Waals surface area (Å²) in [5.41, 5.74) is 17.8. The molecule has 0 unspecified atom stereocenters. The Bertz CT molecular complexity index is 3050. The summed E-state index contributed by atoms with van der Waals surface area (Å²) >= 11 is 0. The average molecular weight is 795 g/mol. The minimum atomic E-state index is 1.13. The lowest BCUT2D eigenvalue weighted by atomic mass is 9.93. The van der Waals surface area contributed by atoms with E-state index in [0.29, 0.717) is 0 Å². The van der Waals surface area contributed by atoms with Crippen LogP contribution in [0.1, 0.15) is 35.1 Å². The molecule has 0 saturated carbocycles. The quantitative estimate of drug-likeness (QED) is 0.141. The van der Waals surface area contributed by atoms with E-state index < -0.39 is 0 Å². The van der Waals surface area contributed by atoms with Gasteiger partial charge < -0.3 is 9.80 Å². The lowest BCUT2D eigenvalue weighted by Crippen LogP contribution is -2.12. The summed E-state index contributed by atoms with van der Waals surface area (Å²) in [7, 11) is 0. The van der Waals surface area contributed by atoms with E-state index in [0.717, 1.165) is 37.1 Å². The fourth-order valence-electron chi connectivity index (χ4n) is 10.4. The van der Waals surface area contributed by atoms with Gasteiger partial charge in [-0.05, 0) is 165 Å². The van der Waals surface area contributed by atoms with E-state index in [9.17, 15) is 0 Å². The van der Waals surface area contributed by atoms with Crippen molar-refractivity contribution in [2.24, 2.45) is 0 Å². The molecule has 0 atom stereocenters. The van der Waals surface area contributed by atoms with E-state index >= 15 is 0 Å². The molecule has 0 amide bonds. The summed E-state index contributed by atoms with van der Waals surface area (Å²) in [6, 6.07) is 77.0. The van der Waals surface area contributed by atoms with Gasteiger partial charge >= 0.3 is 0 Å². The van der Waals surface area contributed by atoms with Gasteiger partial charge in [-0.2, -0.15) is 0 Å². The summed E-state index contributed by atoms with van der Waals surface area (Å²) in [5.74, 6) is 0.